The topological polar surface area (TPSA) is 83.2 Å². The Hall–Kier alpha value is -3.06. The zero-order valence-corrected chi connectivity index (χ0v) is 16.2. The van der Waals surface area contributed by atoms with Crippen LogP contribution in [0.4, 0.5) is 23.0 Å². The number of nitrogen functional groups attached to an aromatic ring is 1. The molecule has 1 aliphatic rings. The van der Waals surface area contributed by atoms with Crippen molar-refractivity contribution < 1.29 is 0 Å². The number of nitrogens with two attached hydrogens (primary N) is 1. The van der Waals surface area contributed by atoms with Crippen LogP contribution >= 0.6 is 11.6 Å². The van der Waals surface area contributed by atoms with Gasteiger partial charge in [-0.1, -0.05) is 23.7 Å². The minimum absolute atomic E-state index is 0.572. The molecule has 7 nitrogen and oxygen atoms in total. The molecular formula is C20H22ClN7. The molecule has 0 saturated carbocycles. The van der Waals surface area contributed by atoms with Crippen molar-refractivity contribution in [3.8, 4) is 0 Å². The number of anilines is 4. The van der Waals surface area contributed by atoms with Crippen molar-refractivity contribution in [3.05, 3.63) is 65.7 Å². The van der Waals surface area contributed by atoms with Gasteiger partial charge < -0.3 is 20.9 Å². The quantitative estimate of drug-likeness (QED) is 0.686. The van der Waals surface area contributed by atoms with Crippen LogP contribution in [-0.4, -0.2) is 41.1 Å². The highest BCUT2D eigenvalue weighted by atomic mass is 35.5. The van der Waals surface area contributed by atoms with Crippen molar-refractivity contribution in [3.63, 3.8) is 0 Å². The molecule has 1 fully saturated rings. The second-order valence-electron chi connectivity index (χ2n) is 6.63. The second-order valence-corrected chi connectivity index (χ2v) is 7.06. The molecule has 8 heteroatoms. The first-order valence-corrected chi connectivity index (χ1v) is 9.57. The molecule has 1 saturated heterocycles. The van der Waals surface area contributed by atoms with E-state index in [1.165, 1.54) is 0 Å². The zero-order valence-electron chi connectivity index (χ0n) is 15.4. The number of nitrogens with one attached hydrogen (secondary N) is 1. The summed E-state index contributed by atoms with van der Waals surface area (Å²) in [5.41, 5.74) is 9.15. The molecule has 28 heavy (non-hydrogen) atoms. The molecule has 0 atom stereocenters. The summed E-state index contributed by atoms with van der Waals surface area (Å²) < 4.78 is 0. The molecule has 1 aromatic carbocycles. The van der Waals surface area contributed by atoms with E-state index in [0.29, 0.717) is 18.1 Å². The third kappa shape index (κ3) is 4.09. The zero-order chi connectivity index (χ0) is 19.3. The van der Waals surface area contributed by atoms with Crippen LogP contribution in [0.3, 0.4) is 0 Å². The van der Waals surface area contributed by atoms with E-state index in [9.17, 15) is 0 Å². The summed E-state index contributed by atoms with van der Waals surface area (Å²) in [6.07, 6.45) is 5.13. The summed E-state index contributed by atoms with van der Waals surface area (Å²) in [6.45, 7) is 4.02. The molecule has 2 aromatic heterocycles. The molecule has 0 radical (unpaired) electrons. The monoisotopic (exact) mass is 395 g/mol. The minimum atomic E-state index is 0.572. The maximum Gasteiger partial charge on any atom is 0.157 e. The van der Waals surface area contributed by atoms with Gasteiger partial charge in [-0.25, -0.2) is 9.97 Å². The van der Waals surface area contributed by atoms with Crippen molar-refractivity contribution in [1.29, 1.82) is 0 Å². The number of aromatic nitrogens is 3. The van der Waals surface area contributed by atoms with Crippen LogP contribution in [0.1, 0.15) is 5.56 Å². The third-order valence-electron chi connectivity index (χ3n) is 4.80. The first-order chi connectivity index (χ1) is 13.7. The molecule has 0 amide bonds. The predicted octanol–water partition coefficient (Wildman–Crippen LogP) is 3.05. The van der Waals surface area contributed by atoms with Crippen LogP contribution in [0.2, 0.25) is 5.02 Å². The molecule has 144 valence electrons. The predicted molar refractivity (Wildman–Crippen MR) is 114 cm³/mol. The Labute approximate surface area is 169 Å². The first kappa shape index (κ1) is 18.3. The standard InChI is InChI=1S/C20H22ClN7/c21-16-4-1-5-17(11-16)27-7-9-28(10-8-27)20-18(22)19(25-14-26-20)24-13-15-3-2-6-23-12-15/h1-6,11-12,14H,7-10,13,22H2,(H,24,25,26). The summed E-state index contributed by atoms with van der Waals surface area (Å²) in [5.74, 6) is 1.42. The highest BCUT2D eigenvalue weighted by molar-refractivity contribution is 6.30. The fourth-order valence-electron chi connectivity index (χ4n) is 3.32. The molecule has 0 bridgehead atoms. The summed E-state index contributed by atoms with van der Waals surface area (Å²) in [6, 6.07) is 11.9. The lowest BCUT2D eigenvalue weighted by Crippen LogP contribution is -2.47. The van der Waals surface area contributed by atoms with Crippen molar-refractivity contribution in [2.75, 3.05) is 47.0 Å². The third-order valence-corrected chi connectivity index (χ3v) is 5.03. The first-order valence-electron chi connectivity index (χ1n) is 9.19. The Bertz CT molecular complexity index is 927. The maximum atomic E-state index is 6.37. The van der Waals surface area contributed by atoms with Gasteiger partial charge in [0, 0.05) is 55.8 Å². The molecule has 3 heterocycles. The van der Waals surface area contributed by atoms with Gasteiger partial charge in [0.2, 0.25) is 0 Å². The molecule has 3 aromatic rings. The van der Waals surface area contributed by atoms with Crippen LogP contribution < -0.4 is 20.9 Å². The Kier molecular flexibility index (Phi) is 5.43. The van der Waals surface area contributed by atoms with Gasteiger partial charge in [-0.05, 0) is 29.8 Å². The number of nitrogens with zero attached hydrogens (tertiary/aromatic N) is 5. The Morgan fingerprint density at radius 3 is 2.61 bits per heavy atom. The number of halogens is 1. The van der Waals surface area contributed by atoms with Gasteiger partial charge in [0.1, 0.15) is 12.0 Å². The SMILES string of the molecule is Nc1c(NCc2cccnc2)ncnc1N1CCN(c2cccc(Cl)c2)CC1. The molecule has 0 spiro atoms. The number of pyridine rings is 1. The van der Waals surface area contributed by atoms with Gasteiger partial charge >= 0.3 is 0 Å². The minimum Gasteiger partial charge on any atom is -0.393 e. The fourth-order valence-corrected chi connectivity index (χ4v) is 3.50. The van der Waals surface area contributed by atoms with Gasteiger partial charge in [0.15, 0.2) is 11.6 Å². The molecular weight excluding hydrogens is 374 g/mol. The fraction of sp³-hybridized carbons (Fsp3) is 0.250. The Morgan fingerprint density at radius 2 is 1.86 bits per heavy atom. The van der Waals surface area contributed by atoms with Crippen molar-refractivity contribution in [1.82, 2.24) is 15.0 Å². The number of benzene rings is 1. The maximum absolute atomic E-state index is 6.37. The number of hydrogen-bond acceptors (Lipinski definition) is 7. The highest BCUT2D eigenvalue weighted by Crippen LogP contribution is 2.28. The van der Waals surface area contributed by atoms with Crippen LogP contribution in [-0.2, 0) is 6.54 Å². The van der Waals surface area contributed by atoms with E-state index in [0.717, 1.165) is 48.3 Å². The van der Waals surface area contributed by atoms with Gasteiger partial charge in [-0.3, -0.25) is 4.98 Å². The number of piperazine rings is 1. The smallest absolute Gasteiger partial charge is 0.157 e. The average Bonchev–Trinajstić information content (AvgIpc) is 2.74. The molecule has 0 unspecified atom stereocenters. The van der Waals surface area contributed by atoms with Crippen molar-refractivity contribution >= 4 is 34.6 Å². The number of rotatable bonds is 5. The summed E-state index contributed by atoms with van der Waals surface area (Å²) in [5, 5.41) is 4.04. The van der Waals surface area contributed by atoms with Gasteiger partial charge in [-0.15, -0.1) is 0 Å². The van der Waals surface area contributed by atoms with Gasteiger partial charge in [0.25, 0.3) is 0 Å². The van der Waals surface area contributed by atoms with E-state index >= 15 is 0 Å². The van der Waals surface area contributed by atoms with Gasteiger partial charge in [0.05, 0.1) is 0 Å². The van der Waals surface area contributed by atoms with Crippen LogP contribution in [0.5, 0.6) is 0 Å². The van der Waals surface area contributed by atoms with Crippen LogP contribution in [0, 0.1) is 0 Å². The summed E-state index contributed by atoms with van der Waals surface area (Å²) in [7, 11) is 0. The van der Waals surface area contributed by atoms with Crippen LogP contribution in [0.15, 0.2) is 55.1 Å². The van der Waals surface area contributed by atoms with Gasteiger partial charge in [-0.2, -0.15) is 0 Å². The largest absolute Gasteiger partial charge is 0.393 e. The van der Waals surface area contributed by atoms with E-state index in [2.05, 4.69) is 36.1 Å². The van der Waals surface area contributed by atoms with E-state index < -0.39 is 0 Å². The van der Waals surface area contributed by atoms with Crippen molar-refractivity contribution in [2.24, 2.45) is 0 Å². The average molecular weight is 396 g/mol. The van der Waals surface area contributed by atoms with E-state index in [4.69, 9.17) is 17.3 Å². The highest BCUT2D eigenvalue weighted by Gasteiger charge is 2.21. The lowest BCUT2D eigenvalue weighted by molar-refractivity contribution is 0.647. The van der Waals surface area contributed by atoms with E-state index in [-0.39, 0.29) is 0 Å². The lowest BCUT2D eigenvalue weighted by atomic mass is 10.2. The van der Waals surface area contributed by atoms with E-state index in [1.54, 1.807) is 12.5 Å². The molecule has 0 aliphatic carbocycles. The van der Waals surface area contributed by atoms with Crippen molar-refractivity contribution in [2.45, 2.75) is 6.54 Å². The van der Waals surface area contributed by atoms with E-state index in [1.807, 2.05) is 36.5 Å². The molecule has 1 aliphatic heterocycles. The summed E-state index contributed by atoms with van der Waals surface area (Å²) >= 11 is 6.12. The normalized spacial score (nSPS) is 14.2. The van der Waals surface area contributed by atoms with Crippen LogP contribution in [0.25, 0.3) is 0 Å². The lowest BCUT2D eigenvalue weighted by Gasteiger charge is -2.37. The second kappa shape index (κ2) is 8.31. The molecule has 3 N–H and O–H groups in total. The number of hydrogen-bond donors (Lipinski definition) is 2. The Morgan fingerprint density at radius 1 is 1.04 bits per heavy atom. The Balaban J connectivity index is 1.42. The molecule has 4 rings (SSSR count). The summed E-state index contributed by atoms with van der Waals surface area (Å²) in [4.78, 5) is 17.4.